The summed E-state index contributed by atoms with van der Waals surface area (Å²) in [6.45, 7) is 0. The lowest BCUT2D eigenvalue weighted by Crippen LogP contribution is -2.17. The highest BCUT2D eigenvalue weighted by Crippen LogP contribution is 2.59. The molecular formula is C15H11BrCl2S2. The monoisotopic (exact) mass is 404 g/mol. The zero-order valence-corrected chi connectivity index (χ0v) is 15.1. The number of hydrogen-bond acceptors (Lipinski definition) is 2. The number of thioether (sulfide) groups is 1. The summed E-state index contributed by atoms with van der Waals surface area (Å²) in [5.41, 5.74) is 1.24. The van der Waals surface area contributed by atoms with E-state index >= 15 is 0 Å². The van der Waals surface area contributed by atoms with Gasteiger partial charge in [-0.15, -0.1) is 34.7 Å². The van der Waals surface area contributed by atoms with Gasteiger partial charge in [0.05, 0.1) is 4.34 Å². The van der Waals surface area contributed by atoms with Gasteiger partial charge in [0.15, 0.2) is 0 Å². The molecule has 0 saturated heterocycles. The van der Waals surface area contributed by atoms with E-state index < -0.39 is 4.21 Å². The average Bonchev–Trinajstić information content (AvgIpc) is 2.97. The third-order valence-corrected chi connectivity index (χ3v) is 7.76. The molecule has 0 radical (unpaired) electrons. The molecule has 2 aromatic rings. The lowest BCUT2D eigenvalue weighted by molar-refractivity contribution is 0.957. The summed E-state index contributed by atoms with van der Waals surface area (Å²) in [5, 5.41) is 0. The molecule has 0 aliphatic carbocycles. The van der Waals surface area contributed by atoms with Gasteiger partial charge in [-0.05, 0) is 17.7 Å². The van der Waals surface area contributed by atoms with Crippen molar-refractivity contribution >= 4 is 62.2 Å². The van der Waals surface area contributed by atoms with Crippen LogP contribution in [0, 0.1) is 0 Å². The zero-order chi connectivity index (χ0) is 14.2. The van der Waals surface area contributed by atoms with E-state index in [2.05, 4.69) is 40.2 Å². The van der Waals surface area contributed by atoms with Crippen molar-refractivity contribution in [3.05, 3.63) is 69.4 Å². The molecule has 2 unspecified atom stereocenters. The van der Waals surface area contributed by atoms with E-state index in [1.54, 1.807) is 23.1 Å². The Morgan fingerprint density at radius 2 is 1.80 bits per heavy atom. The Hall–Kier alpha value is 0.0700. The number of thiophene rings is 1. The molecule has 2 heterocycles. The van der Waals surface area contributed by atoms with Crippen LogP contribution in [-0.4, -0.2) is 4.21 Å². The standard InChI is InChI=1S/C15H11BrCl2S2/c16-15(12-6-7-13(17)19-12)9-8-14(18,20-15)10-11-4-2-1-3-5-11/h1-9H,10H2. The molecule has 1 aliphatic rings. The van der Waals surface area contributed by atoms with Crippen LogP contribution in [0.1, 0.15) is 10.4 Å². The van der Waals surface area contributed by atoms with Gasteiger partial charge in [0, 0.05) is 11.3 Å². The second-order valence-corrected chi connectivity index (χ2v) is 10.6. The molecule has 5 heteroatoms. The quantitative estimate of drug-likeness (QED) is 0.418. The Balaban J connectivity index is 1.81. The van der Waals surface area contributed by atoms with Crippen LogP contribution >= 0.6 is 62.2 Å². The molecule has 1 aliphatic heterocycles. The van der Waals surface area contributed by atoms with Gasteiger partial charge in [0.25, 0.3) is 0 Å². The Bertz CT molecular complexity index is 640. The summed E-state index contributed by atoms with van der Waals surface area (Å²) in [4.78, 5) is 1.17. The molecule has 104 valence electrons. The van der Waals surface area contributed by atoms with Crippen LogP contribution in [0.15, 0.2) is 54.6 Å². The topological polar surface area (TPSA) is 0 Å². The maximum atomic E-state index is 6.76. The van der Waals surface area contributed by atoms with Crippen LogP contribution in [0.25, 0.3) is 0 Å². The van der Waals surface area contributed by atoms with Crippen LogP contribution in [0.4, 0.5) is 0 Å². The largest absolute Gasteiger partial charge is 0.126 e. The number of hydrogen-bond donors (Lipinski definition) is 0. The van der Waals surface area contributed by atoms with Crippen molar-refractivity contribution in [1.82, 2.24) is 0 Å². The van der Waals surface area contributed by atoms with E-state index in [1.165, 1.54) is 10.4 Å². The predicted octanol–water partition coefficient (Wildman–Crippen LogP) is 6.43. The Morgan fingerprint density at radius 1 is 1.05 bits per heavy atom. The molecule has 0 fully saturated rings. The third kappa shape index (κ3) is 3.12. The van der Waals surface area contributed by atoms with E-state index in [9.17, 15) is 0 Å². The first-order valence-corrected chi connectivity index (χ1v) is 9.25. The summed E-state index contributed by atoms with van der Waals surface area (Å²) in [7, 11) is 0. The highest BCUT2D eigenvalue weighted by molar-refractivity contribution is 9.11. The lowest BCUT2D eigenvalue weighted by atomic mass is 10.1. The third-order valence-electron chi connectivity index (χ3n) is 3.06. The molecule has 0 saturated carbocycles. The second-order valence-electron chi connectivity index (χ2n) is 4.63. The SMILES string of the molecule is Clc1ccc(C2(Br)C=CC(Cl)(Cc3ccccc3)S2)s1. The first-order chi connectivity index (χ1) is 9.49. The van der Waals surface area contributed by atoms with Crippen LogP contribution in [-0.2, 0) is 10.1 Å². The molecule has 0 nitrogen and oxygen atoms in total. The van der Waals surface area contributed by atoms with E-state index in [-0.39, 0.29) is 3.66 Å². The smallest absolute Gasteiger partial charge is 0.125 e. The Morgan fingerprint density at radius 3 is 2.45 bits per heavy atom. The van der Waals surface area contributed by atoms with Crippen molar-refractivity contribution in [3.63, 3.8) is 0 Å². The summed E-state index contributed by atoms with van der Waals surface area (Å²) < 4.78 is 0.0887. The summed E-state index contributed by atoms with van der Waals surface area (Å²) in [6.07, 6.45) is 4.99. The molecule has 0 amide bonds. The first-order valence-electron chi connectivity index (χ1n) is 6.07. The van der Waals surface area contributed by atoms with E-state index in [1.807, 2.05) is 30.3 Å². The number of halogens is 3. The molecule has 1 aromatic heterocycles. The average molecular weight is 406 g/mol. The summed E-state index contributed by atoms with van der Waals surface area (Å²) in [5.74, 6) is 0. The molecule has 0 bridgehead atoms. The minimum Gasteiger partial charge on any atom is -0.126 e. The van der Waals surface area contributed by atoms with Gasteiger partial charge in [-0.1, -0.05) is 70.0 Å². The maximum absolute atomic E-state index is 6.76. The molecule has 3 rings (SSSR count). The van der Waals surface area contributed by atoms with Gasteiger partial charge in [-0.3, -0.25) is 0 Å². The lowest BCUT2D eigenvalue weighted by Gasteiger charge is -2.25. The summed E-state index contributed by atoms with van der Waals surface area (Å²) in [6, 6.07) is 14.3. The second kappa shape index (κ2) is 5.69. The minimum absolute atomic E-state index is 0.276. The van der Waals surface area contributed by atoms with Crippen molar-refractivity contribution in [2.24, 2.45) is 0 Å². The fourth-order valence-corrected chi connectivity index (χ4v) is 6.81. The zero-order valence-electron chi connectivity index (χ0n) is 10.4. The first kappa shape index (κ1) is 15.0. The van der Waals surface area contributed by atoms with Crippen molar-refractivity contribution in [1.29, 1.82) is 0 Å². The Labute approximate surface area is 145 Å². The number of rotatable bonds is 3. The predicted molar refractivity (Wildman–Crippen MR) is 95.4 cm³/mol. The normalized spacial score (nSPS) is 28.9. The molecule has 2 atom stereocenters. The molecular weight excluding hydrogens is 395 g/mol. The van der Waals surface area contributed by atoms with Gasteiger partial charge in [-0.2, -0.15) is 0 Å². The van der Waals surface area contributed by atoms with E-state index in [0.717, 1.165) is 10.8 Å². The van der Waals surface area contributed by atoms with Crippen molar-refractivity contribution in [2.45, 2.75) is 14.3 Å². The molecule has 20 heavy (non-hydrogen) atoms. The maximum Gasteiger partial charge on any atom is 0.125 e. The summed E-state index contributed by atoms with van der Waals surface area (Å²) >= 11 is 19.9. The van der Waals surface area contributed by atoms with Crippen molar-refractivity contribution in [3.8, 4) is 0 Å². The molecule has 0 N–H and O–H groups in total. The molecule has 1 aromatic carbocycles. The number of alkyl halides is 2. The van der Waals surface area contributed by atoms with Crippen LogP contribution in [0.2, 0.25) is 4.34 Å². The Kier molecular flexibility index (Phi) is 4.27. The van der Waals surface area contributed by atoms with Gasteiger partial charge >= 0.3 is 0 Å². The highest BCUT2D eigenvalue weighted by Gasteiger charge is 2.44. The fourth-order valence-electron chi connectivity index (χ4n) is 2.15. The van der Waals surface area contributed by atoms with Gasteiger partial charge in [-0.25, -0.2) is 0 Å². The minimum atomic E-state index is -0.429. The highest BCUT2D eigenvalue weighted by atomic mass is 79.9. The number of benzene rings is 1. The van der Waals surface area contributed by atoms with Crippen molar-refractivity contribution < 1.29 is 0 Å². The van der Waals surface area contributed by atoms with Crippen LogP contribution in [0.3, 0.4) is 0 Å². The van der Waals surface area contributed by atoms with Crippen molar-refractivity contribution in [2.75, 3.05) is 0 Å². The van der Waals surface area contributed by atoms with Gasteiger partial charge in [0.1, 0.15) is 7.86 Å². The van der Waals surface area contributed by atoms with Gasteiger partial charge in [0.2, 0.25) is 0 Å². The van der Waals surface area contributed by atoms with E-state index in [0.29, 0.717) is 0 Å². The fraction of sp³-hybridized carbons (Fsp3) is 0.200. The van der Waals surface area contributed by atoms with Crippen LogP contribution in [0.5, 0.6) is 0 Å². The molecule has 0 spiro atoms. The van der Waals surface area contributed by atoms with E-state index in [4.69, 9.17) is 23.2 Å². The van der Waals surface area contributed by atoms with Crippen LogP contribution < -0.4 is 0 Å². The van der Waals surface area contributed by atoms with Gasteiger partial charge < -0.3 is 0 Å².